The van der Waals surface area contributed by atoms with Crippen LogP contribution in [0.1, 0.15) is 24.6 Å². The monoisotopic (exact) mass is 451 g/mol. The molecule has 2 aromatic carbocycles. The Bertz CT molecular complexity index is 1060. The maximum absolute atomic E-state index is 14.4. The first kappa shape index (κ1) is 24.5. The minimum absolute atomic E-state index is 0.126. The summed E-state index contributed by atoms with van der Waals surface area (Å²) in [5, 5.41) is 15.1. The third-order valence-corrected chi connectivity index (χ3v) is 5.07. The van der Waals surface area contributed by atoms with Crippen LogP contribution in [0, 0.1) is 25.1 Å². The van der Waals surface area contributed by atoms with E-state index in [0.717, 1.165) is 29.9 Å². The van der Waals surface area contributed by atoms with Crippen molar-refractivity contribution in [3.8, 4) is 29.7 Å². The van der Waals surface area contributed by atoms with E-state index < -0.39 is 11.9 Å². The molecule has 0 amide bonds. The third kappa shape index (κ3) is 6.65. The number of nitrogens with zero attached hydrogens (tertiary/aromatic N) is 3. The van der Waals surface area contributed by atoms with Crippen molar-refractivity contribution in [2.24, 2.45) is 0 Å². The minimum atomic E-state index is -0.690. The fourth-order valence-electron chi connectivity index (χ4n) is 3.58. The zero-order valence-electron chi connectivity index (χ0n) is 19.1. The summed E-state index contributed by atoms with van der Waals surface area (Å²) in [6.07, 6.45) is 5.41. The first-order valence-electron chi connectivity index (χ1n) is 11.0. The van der Waals surface area contributed by atoms with Crippen molar-refractivity contribution >= 4 is 0 Å². The van der Waals surface area contributed by atoms with Crippen LogP contribution in [0.15, 0.2) is 54.6 Å². The highest BCUT2D eigenvalue weighted by molar-refractivity contribution is 5.43. The van der Waals surface area contributed by atoms with Crippen LogP contribution in [0.4, 0.5) is 4.39 Å². The number of hydrogen-bond acceptors (Lipinski definition) is 5. The highest BCUT2D eigenvalue weighted by Gasteiger charge is 2.23. The van der Waals surface area contributed by atoms with Crippen molar-refractivity contribution < 1.29 is 19.0 Å². The fraction of sp³-hybridized carbons (Fsp3) is 0.346. The SMILES string of the molecule is C#CCOCC(O)CN(CCC)Cc1c(C)nn(-c2ccccc2)c1Oc1ccccc1F. The summed E-state index contributed by atoms with van der Waals surface area (Å²) in [5.41, 5.74) is 2.40. The lowest BCUT2D eigenvalue weighted by molar-refractivity contribution is 0.0259. The highest BCUT2D eigenvalue weighted by atomic mass is 19.1. The molecule has 33 heavy (non-hydrogen) atoms. The molecule has 0 spiro atoms. The Morgan fingerprint density at radius 1 is 1.18 bits per heavy atom. The van der Waals surface area contributed by atoms with Crippen LogP contribution in [0.2, 0.25) is 0 Å². The molecule has 3 rings (SSSR count). The fourth-order valence-corrected chi connectivity index (χ4v) is 3.58. The summed E-state index contributed by atoms with van der Waals surface area (Å²) in [6.45, 7) is 5.92. The number of terminal acetylenes is 1. The van der Waals surface area contributed by atoms with Crippen LogP contribution in [0.3, 0.4) is 0 Å². The molecule has 0 radical (unpaired) electrons. The normalized spacial score (nSPS) is 12.0. The predicted octanol–water partition coefficient (Wildman–Crippen LogP) is 4.33. The first-order chi connectivity index (χ1) is 16.0. The van der Waals surface area contributed by atoms with Gasteiger partial charge in [0.1, 0.15) is 6.61 Å². The minimum Gasteiger partial charge on any atom is -0.435 e. The Morgan fingerprint density at radius 2 is 1.91 bits per heavy atom. The molecular formula is C26H30FN3O3. The van der Waals surface area contributed by atoms with Crippen molar-refractivity contribution in [1.29, 1.82) is 0 Å². The molecular weight excluding hydrogens is 421 g/mol. The summed E-state index contributed by atoms with van der Waals surface area (Å²) >= 11 is 0. The molecule has 0 aliphatic carbocycles. The summed E-state index contributed by atoms with van der Waals surface area (Å²) < 4.78 is 27.5. The van der Waals surface area contributed by atoms with Crippen molar-refractivity contribution in [2.75, 3.05) is 26.3 Å². The van der Waals surface area contributed by atoms with E-state index in [0.29, 0.717) is 19.0 Å². The molecule has 7 heteroatoms. The van der Waals surface area contributed by atoms with E-state index in [1.807, 2.05) is 37.3 Å². The second-order valence-corrected chi connectivity index (χ2v) is 7.76. The Balaban J connectivity index is 1.93. The topological polar surface area (TPSA) is 59.8 Å². The van der Waals surface area contributed by atoms with Crippen molar-refractivity contribution in [3.05, 3.63) is 71.7 Å². The lowest BCUT2D eigenvalue weighted by Crippen LogP contribution is -2.35. The highest BCUT2D eigenvalue weighted by Crippen LogP contribution is 2.32. The third-order valence-electron chi connectivity index (χ3n) is 5.07. The largest absolute Gasteiger partial charge is 0.435 e. The van der Waals surface area contributed by atoms with Gasteiger partial charge in [-0.15, -0.1) is 6.42 Å². The van der Waals surface area contributed by atoms with Gasteiger partial charge >= 0.3 is 0 Å². The summed E-state index contributed by atoms with van der Waals surface area (Å²) in [6, 6.07) is 15.9. The summed E-state index contributed by atoms with van der Waals surface area (Å²) in [5.74, 6) is 2.52. The quantitative estimate of drug-likeness (QED) is 0.328. The number of aromatic nitrogens is 2. The summed E-state index contributed by atoms with van der Waals surface area (Å²) in [4.78, 5) is 2.11. The van der Waals surface area contributed by atoms with E-state index in [2.05, 4.69) is 17.7 Å². The van der Waals surface area contributed by atoms with E-state index >= 15 is 0 Å². The molecule has 1 unspecified atom stereocenters. The Labute approximate surface area is 194 Å². The van der Waals surface area contributed by atoms with E-state index in [-0.39, 0.29) is 19.0 Å². The number of aryl methyl sites for hydroxylation is 1. The van der Waals surface area contributed by atoms with Crippen LogP contribution in [-0.4, -0.2) is 52.2 Å². The Morgan fingerprint density at radius 3 is 2.61 bits per heavy atom. The Kier molecular flexibility index (Phi) is 9.02. The molecule has 0 aliphatic rings. The number of benzene rings is 2. The number of hydrogen-bond donors (Lipinski definition) is 1. The van der Waals surface area contributed by atoms with Gasteiger partial charge in [-0.1, -0.05) is 43.2 Å². The van der Waals surface area contributed by atoms with Gasteiger partial charge in [0.2, 0.25) is 5.88 Å². The van der Waals surface area contributed by atoms with Gasteiger partial charge in [-0.05, 0) is 44.2 Å². The Hall–Kier alpha value is -3.18. The molecule has 174 valence electrons. The summed E-state index contributed by atoms with van der Waals surface area (Å²) in [7, 11) is 0. The molecule has 6 nitrogen and oxygen atoms in total. The second kappa shape index (κ2) is 12.2. The van der Waals surface area contributed by atoms with Gasteiger partial charge in [0.25, 0.3) is 0 Å². The average molecular weight is 452 g/mol. The lowest BCUT2D eigenvalue weighted by atomic mass is 10.2. The molecule has 3 aromatic rings. The standard InChI is InChI=1S/C26H30FN3O3/c1-4-15-29(17-22(31)19-32-16-5-2)18-23-20(3)28-30(21-11-7-6-8-12-21)26(23)33-25-14-10-9-13-24(25)27/h2,6-14,22,31H,4,15-19H2,1,3H3. The van der Waals surface area contributed by atoms with Crippen molar-refractivity contribution in [2.45, 2.75) is 32.9 Å². The number of rotatable bonds is 12. The van der Waals surface area contributed by atoms with Gasteiger partial charge in [-0.3, -0.25) is 4.90 Å². The van der Waals surface area contributed by atoms with E-state index in [1.165, 1.54) is 6.07 Å². The van der Waals surface area contributed by atoms with Gasteiger partial charge in [0, 0.05) is 13.1 Å². The van der Waals surface area contributed by atoms with Crippen LogP contribution in [0.5, 0.6) is 11.6 Å². The zero-order chi connectivity index (χ0) is 23.6. The van der Waals surface area contributed by atoms with Crippen LogP contribution in [-0.2, 0) is 11.3 Å². The smallest absolute Gasteiger partial charge is 0.227 e. The molecule has 0 saturated heterocycles. The van der Waals surface area contributed by atoms with Gasteiger partial charge < -0.3 is 14.6 Å². The van der Waals surface area contributed by atoms with E-state index in [9.17, 15) is 9.50 Å². The molecule has 0 fully saturated rings. The number of aliphatic hydroxyl groups is 1. The maximum Gasteiger partial charge on any atom is 0.227 e. The lowest BCUT2D eigenvalue weighted by Gasteiger charge is -2.25. The van der Waals surface area contributed by atoms with Gasteiger partial charge in [0.15, 0.2) is 11.6 Å². The average Bonchev–Trinajstić information content (AvgIpc) is 3.11. The van der Waals surface area contributed by atoms with Gasteiger partial charge in [-0.25, -0.2) is 9.07 Å². The molecule has 0 aliphatic heterocycles. The van der Waals surface area contributed by atoms with Gasteiger partial charge in [0.05, 0.1) is 29.7 Å². The first-order valence-corrected chi connectivity index (χ1v) is 11.0. The van der Waals surface area contributed by atoms with E-state index in [1.54, 1.807) is 22.9 Å². The number of aliphatic hydroxyl groups excluding tert-OH is 1. The number of ether oxygens (including phenoxy) is 2. The predicted molar refractivity (Wildman–Crippen MR) is 126 cm³/mol. The molecule has 1 N–H and O–H groups in total. The molecule has 1 atom stereocenters. The van der Waals surface area contributed by atoms with Crippen molar-refractivity contribution in [3.63, 3.8) is 0 Å². The van der Waals surface area contributed by atoms with Crippen molar-refractivity contribution in [1.82, 2.24) is 14.7 Å². The van der Waals surface area contributed by atoms with Crippen LogP contribution < -0.4 is 4.74 Å². The second-order valence-electron chi connectivity index (χ2n) is 7.76. The molecule has 0 bridgehead atoms. The number of para-hydroxylation sites is 2. The van der Waals surface area contributed by atoms with Crippen LogP contribution >= 0.6 is 0 Å². The maximum atomic E-state index is 14.4. The van der Waals surface area contributed by atoms with Gasteiger partial charge in [-0.2, -0.15) is 5.10 Å². The number of halogens is 1. The molecule has 0 saturated carbocycles. The zero-order valence-corrected chi connectivity index (χ0v) is 19.1. The van der Waals surface area contributed by atoms with Crippen LogP contribution in [0.25, 0.3) is 5.69 Å². The molecule has 1 heterocycles. The molecule has 1 aromatic heterocycles. The van der Waals surface area contributed by atoms with E-state index in [4.69, 9.17) is 21.0 Å².